The lowest BCUT2D eigenvalue weighted by Crippen LogP contribution is -1.95. The van der Waals surface area contributed by atoms with E-state index in [1.54, 1.807) is 0 Å². The van der Waals surface area contributed by atoms with Crippen molar-refractivity contribution in [3.63, 3.8) is 0 Å². The van der Waals surface area contributed by atoms with Crippen LogP contribution in [0, 0.1) is 13.8 Å². The fourth-order valence-electron chi connectivity index (χ4n) is 1.09. The Bertz CT molecular complexity index is 440. The predicted molar refractivity (Wildman–Crippen MR) is 58.2 cm³/mol. The summed E-state index contributed by atoms with van der Waals surface area (Å²) in [6, 6.07) is 1.39. The maximum Gasteiger partial charge on any atom is 0.353 e. The first-order valence-electron chi connectivity index (χ1n) is 4.70. The summed E-state index contributed by atoms with van der Waals surface area (Å²) in [5.74, 6) is -0.984. The van der Waals surface area contributed by atoms with E-state index >= 15 is 0 Å². The SMILES string of the molecule is Cc1cn(C)nc1C.O=C(O)c1ccn[nH]1. The first-order valence-corrected chi connectivity index (χ1v) is 4.70. The summed E-state index contributed by atoms with van der Waals surface area (Å²) in [6.45, 7) is 4.07. The summed E-state index contributed by atoms with van der Waals surface area (Å²) in [4.78, 5) is 9.99. The third kappa shape index (κ3) is 3.23. The van der Waals surface area contributed by atoms with Crippen LogP contribution >= 0.6 is 0 Å². The van der Waals surface area contributed by atoms with Crippen LogP contribution in [0.5, 0.6) is 0 Å². The second kappa shape index (κ2) is 5.11. The van der Waals surface area contributed by atoms with Gasteiger partial charge in [0.2, 0.25) is 0 Å². The second-order valence-corrected chi connectivity index (χ2v) is 3.35. The minimum absolute atomic E-state index is 0.116. The predicted octanol–water partition coefficient (Wildman–Crippen LogP) is 1.14. The third-order valence-electron chi connectivity index (χ3n) is 1.99. The van der Waals surface area contributed by atoms with Gasteiger partial charge in [-0.1, -0.05) is 0 Å². The van der Waals surface area contributed by atoms with Gasteiger partial charge in [-0.15, -0.1) is 0 Å². The molecular formula is C10H14N4O2. The lowest BCUT2D eigenvalue weighted by molar-refractivity contribution is 0.0690. The first-order chi connectivity index (χ1) is 7.50. The highest BCUT2D eigenvalue weighted by Gasteiger charge is 1.99. The van der Waals surface area contributed by atoms with Crippen LogP contribution in [0.1, 0.15) is 21.7 Å². The molecule has 16 heavy (non-hydrogen) atoms. The number of H-pyrrole nitrogens is 1. The number of carboxylic acids is 1. The Morgan fingerprint density at radius 3 is 2.38 bits per heavy atom. The number of nitrogens with one attached hydrogen (secondary N) is 1. The van der Waals surface area contributed by atoms with Gasteiger partial charge < -0.3 is 5.11 Å². The Morgan fingerprint density at radius 1 is 1.50 bits per heavy atom. The molecule has 0 spiro atoms. The fraction of sp³-hybridized carbons (Fsp3) is 0.300. The molecule has 0 saturated heterocycles. The van der Waals surface area contributed by atoms with Gasteiger partial charge in [-0.3, -0.25) is 9.78 Å². The van der Waals surface area contributed by atoms with Crippen LogP contribution in [0.2, 0.25) is 0 Å². The average molecular weight is 222 g/mol. The minimum atomic E-state index is -0.984. The van der Waals surface area contributed by atoms with Crippen LogP contribution in [0.3, 0.4) is 0 Å². The van der Waals surface area contributed by atoms with Crippen LogP contribution in [-0.4, -0.2) is 31.1 Å². The Balaban J connectivity index is 0.000000160. The van der Waals surface area contributed by atoms with Gasteiger partial charge in [0.1, 0.15) is 5.69 Å². The first kappa shape index (κ1) is 12.0. The number of hydrogen-bond acceptors (Lipinski definition) is 3. The highest BCUT2D eigenvalue weighted by molar-refractivity contribution is 5.84. The van der Waals surface area contributed by atoms with Crippen molar-refractivity contribution in [1.82, 2.24) is 20.0 Å². The maximum absolute atomic E-state index is 9.99. The Morgan fingerprint density at radius 2 is 2.19 bits per heavy atom. The molecule has 0 bridgehead atoms. The lowest BCUT2D eigenvalue weighted by Gasteiger charge is -1.79. The number of carboxylic acid groups (broad SMARTS) is 1. The highest BCUT2D eigenvalue weighted by atomic mass is 16.4. The molecule has 2 N–H and O–H groups in total. The molecule has 0 aromatic carbocycles. The molecule has 0 fully saturated rings. The zero-order valence-corrected chi connectivity index (χ0v) is 9.43. The van der Waals surface area contributed by atoms with Gasteiger partial charge in [-0.05, 0) is 25.5 Å². The Kier molecular flexibility index (Phi) is 3.82. The molecule has 0 aliphatic heterocycles. The molecule has 2 aromatic rings. The number of nitrogens with zero attached hydrogens (tertiary/aromatic N) is 3. The summed E-state index contributed by atoms with van der Waals surface area (Å²) in [5.41, 5.74) is 2.49. The molecule has 86 valence electrons. The zero-order valence-electron chi connectivity index (χ0n) is 9.43. The molecule has 0 atom stereocenters. The molecule has 6 nitrogen and oxygen atoms in total. The Labute approximate surface area is 92.9 Å². The minimum Gasteiger partial charge on any atom is -0.477 e. The third-order valence-corrected chi connectivity index (χ3v) is 1.99. The van der Waals surface area contributed by atoms with E-state index in [9.17, 15) is 4.79 Å². The molecule has 0 saturated carbocycles. The van der Waals surface area contributed by atoms with Crippen molar-refractivity contribution < 1.29 is 9.90 Å². The van der Waals surface area contributed by atoms with Crippen molar-refractivity contribution >= 4 is 5.97 Å². The van der Waals surface area contributed by atoms with E-state index in [0.29, 0.717) is 0 Å². The Hall–Kier alpha value is -2.11. The van der Waals surface area contributed by atoms with Crippen LogP contribution in [0.15, 0.2) is 18.5 Å². The van der Waals surface area contributed by atoms with Crippen LogP contribution < -0.4 is 0 Å². The van der Waals surface area contributed by atoms with Gasteiger partial charge in [0, 0.05) is 19.4 Å². The van der Waals surface area contributed by atoms with Crippen LogP contribution in [-0.2, 0) is 7.05 Å². The van der Waals surface area contributed by atoms with E-state index in [0.717, 1.165) is 5.69 Å². The summed E-state index contributed by atoms with van der Waals surface area (Å²) < 4.78 is 1.82. The van der Waals surface area contributed by atoms with Gasteiger partial charge >= 0.3 is 5.97 Å². The number of aryl methyl sites for hydroxylation is 3. The van der Waals surface area contributed by atoms with Crippen molar-refractivity contribution in [2.45, 2.75) is 13.8 Å². The zero-order chi connectivity index (χ0) is 12.1. The molecule has 2 rings (SSSR count). The van der Waals surface area contributed by atoms with Gasteiger partial charge in [0.05, 0.1) is 5.69 Å². The van der Waals surface area contributed by atoms with E-state index in [4.69, 9.17) is 5.11 Å². The van der Waals surface area contributed by atoms with Crippen molar-refractivity contribution in [1.29, 1.82) is 0 Å². The highest BCUT2D eigenvalue weighted by Crippen LogP contribution is 1.99. The van der Waals surface area contributed by atoms with Gasteiger partial charge in [-0.25, -0.2) is 4.79 Å². The van der Waals surface area contributed by atoms with Crippen molar-refractivity contribution in [2.75, 3.05) is 0 Å². The summed E-state index contributed by atoms with van der Waals surface area (Å²) in [5, 5.41) is 18.1. The molecule has 2 aromatic heterocycles. The second-order valence-electron chi connectivity index (χ2n) is 3.35. The normalized spacial score (nSPS) is 9.44. The molecule has 2 heterocycles. The monoisotopic (exact) mass is 222 g/mol. The molecular weight excluding hydrogens is 208 g/mol. The topological polar surface area (TPSA) is 83.8 Å². The van der Waals surface area contributed by atoms with E-state index < -0.39 is 5.97 Å². The summed E-state index contributed by atoms with van der Waals surface area (Å²) in [7, 11) is 1.93. The maximum atomic E-state index is 9.99. The molecule has 0 radical (unpaired) electrons. The number of carbonyl (C=O) groups is 1. The molecule has 0 unspecified atom stereocenters. The van der Waals surface area contributed by atoms with Crippen LogP contribution in [0.25, 0.3) is 0 Å². The van der Waals surface area contributed by atoms with E-state index in [2.05, 4.69) is 22.2 Å². The molecule has 0 aliphatic rings. The summed E-state index contributed by atoms with van der Waals surface area (Å²) in [6.07, 6.45) is 3.40. The number of rotatable bonds is 1. The summed E-state index contributed by atoms with van der Waals surface area (Å²) >= 11 is 0. The molecule has 6 heteroatoms. The van der Waals surface area contributed by atoms with Crippen molar-refractivity contribution in [3.8, 4) is 0 Å². The van der Waals surface area contributed by atoms with Gasteiger partial charge in [0.25, 0.3) is 0 Å². The van der Waals surface area contributed by atoms with E-state index in [1.165, 1.54) is 17.8 Å². The number of aromatic carboxylic acids is 1. The largest absolute Gasteiger partial charge is 0.477 e. The van der Waals surface area contributed by atoms with E-state index in [-0.39, 0.29) is 5.69 Å². The lowest BCUT2D eigenvalue weighted by atomic mass is 10.3. The molecule has 0 aliphatic carbocycles. The van der Waals surface area contributed by atoms with Gasteiger partial charge in [0.15, 0.2) is 0 Å². The number of aromatic amines is 1. The standard InChI is InChI=1S/C6H10N2.C4H4N2O2/c1-5-4-8(3)7-6(5)2;7-4(8)3-1-2-5-6-3/h4H,1-3H3;1-2H,(H,5,6)(H,7,8). The number of hydrogen-bond donors (Lipinski definition) is 2. The van der Waals surface area contributed by atoms with Gasteiger partial charge in [-0.2, -0.15) is 10.2 Å². The average Bonchev–Trinajstić information content (AvgIpc) is 2.78. The van der Waals surface area contributed by atoms with Crippen LogP contribution in [0.4, 0.5) is 0 Å². The number of aromatic nitrogens is 4. The van der Waals surface area contributed by atoms with Crippen molar-refractivity contribution in [3.05, 3.63) is 35.4 Å². The smallest absolute Gasteiger partial charge is 0.353 e. The quantitative estimate of drug-likeness (QED) is 0.758. The fourth-order valence-corrected chi connectivity index (χ4v) is 1.09. The van der Waals surface area contributed by atoms with E-state index in [1.807, 2.05) is 24.9 Å². The van der Waals surface area contributed by atoms with Crippen molar-refractivity contribution in [2.24, 2.45) is 7.05 Å². The molecule has 0 amide bonds.